The molecule has 1 aromatic carbocycles. The molecule has 2 rings (SSSR count). The van der Waals surface area contributed by atoms with Gasteiger partial charge in [-0.25, -0.2) is 0 Å². The monoisotopic (exact) mass is 306 g/mol. The minimum atomic E-state index is -0.449. The van der Waals surface area contributed by atoms with Gasteiger partial charge in [-0.15, -0.1) is 0 Å². The minimum absolute atomic E-state index is 0.0436. The molecule has 2 amide bonds. The summed E-state index contributed by atoms with van der Waals surface area (Å²) in [5, 5.41) is 13.8. The summed E-state index contributed by atoms with van der Waals surface area (Å²) in [5.74, 6) is -0.936. The van der Waals surface area contributed by atoms with Crippen LogP contribution in [0.5, 0.6) is 0 Å². The molecule has 1 fully saturated rings. The van der Waals surface area contributed by atoms with Crippen LogP contribution in [-0.2, 0) is 9.59 Å². The second kappa shape index (κ2) is 6.42. The van der Waals surface area contributed by atoms with Gasteiger partial charge in [0.1, 0.15) is 0 Å². The van der Waals surface area contributed by atoms with Crippen molar-refractivity contribution in [2.45, 2.75) is 13.3 Å². The number of nitro benzene ring substituents is 1. The third-order valence-corrected chi connectivity index (χ3v) is 3.73. The average molecular weight is 306 g/mol. The molecule has 118 valence electrons. The van der Waals surface area contributed by atoms with Gasteiger partial charge in [0, 0.05) is 43.9 Å². The van der Waals surface area contributed by atoms with E-state index in [2.05, 4.69) is 5.32 Å². The first kappa shape index (κ1) is 15.7. The summed E-state index contributed by atoms with van der Waals surface area (Å²) < 4.78 is 0. The first-order valence-electron chi connectivity index (χ1n) is 6.94. The first-order chi connectivity index (χ1) is 10.4. The minimum Gasteiger partial charge on any atom is -0.383 e. The summed E-state index contributed by atoms with van der Waals surface area (Å²) in [5.41, 5.74) is 6.80. The Labute approximate surface area is 127 Å². The Balaban J connectivity index is 1.88. The molecule has 1 atom stereocenters. The van der Waals surface area contributed by atoms with E-state index in [1.54, 1.807) is 17.9 Å². The molecular formula is C14H18N4O4. The maximum atomic E-state index is 11.7. The van der Waals surface area contributed by atoms with E-state index in [4.69, 9.17) is 5.73 Å². The highest BCUT2D eigenvalue weighted by atomic mass is 16.6. The number of amides is 2. The summed E-state index contributed by atoms with van der Waals surface area (Å²) in [6, 6.07) is 4.57. The van der Waals surface area contributed by atoms with Gasteiger partial charge in [0.15, 0.2) is 0 Å². The number of nitrogens with zero attached hydrogens (tertiary/aromatic N) is 2. The van der Waals surface area contributed by atoms with E-state index >= 15 is 0 Å². The zero-order valence-corrected chi connectivity index (χ0v) is 12.2. The van der Waals surface area contributed by atoms with Crippen LogP contribution in [0.1, 0.15) is 12.0 Å². The van der Waals surface area contributed by atoms with Crippen molar-refractivity contribution in [2.75, 3.05) is 25.0 Å². The quantitative estimate of drug-likeness (QED) is 0.591. The largest absolute Gasteiger partial charge is 0.383 e. The molecule has 0 aromatic heterocycles. The van der Waals surface area contributed by atoms with Gasteiger partial charge in [-0.1, -0.05) is 0 Å². The van der Waals surface area contributed by atoms with Gasteiger partial charge in [-0.3, -0.25) is 19.7 Å². The number of non-ortho nitro benzene ring substituents is 1. The molecule has 1 aliphatic heterocycles. The molecule has 1 aromatic rings. The van der Waals surface area contributed by atoms with Crippen LogP contribution in [0.15, 0.2) is 18.2 Å². The molecule has 0 unspecified atom stereocenters. The number of rotatable bonds is 6. The molecule has 8 nitrogen and oxygen atoms in total. The molecular weight excluding hydrogens is 288 g/mol. The lowest BCUT2D eigenvalue weighted by molar-refractivity contribution is -0.384. The molecule has 3 N–H and O–H groups in total. The fraction of sp³-hybridized carbons (Fsp3) is 0.429. The Bertz CT molecular complexity index is 617. The number of hydrogen-bond acceptors (Lipinski definition) is 5. The summed E-state index contributed by atoms with van der Waals surface area (Å²) in [4.78, 5) is 34.7. The number of nitro groups is 1. The topological polar surface area (TPSA) is 119 Å². The van der Waals surface area contributed by atoms with Crippen LogP contribution < -0.4 is 11.1 Å². The SMILES string of the molecule is Cc1cc([N+](=O)[O-])ccc1NCCN1C[C@H](C(N)=O)CC1=O. The lowest BCUT2D eigenvalue weighted by atomic mass is 10.1. The van der Waals surface area contributed by atoms with Crippen LogP contribution in [0.25, 0.3) is 0 Å². The van der Waals surface area contributed by atoms with Crippen LogP contribution >= 0.6 is 0 Å². The first-order valence-corrected chi connectivity index (χ1v) is 6.94. The second-order valence-electron chi connectivity index (χ2n) is 5.33. The number of carbonyl (C=O) groups is 2. The van der Waals surface area contributed by atoms with Crippen LogP contribution in [0.4, 0.5) is 11.4 Å². The molecule has 1 saturated heterocycles. The van der Waals surface area contributed by atoms with Crippen LogP contribution in [0.2, 0.25) is 0 Å². The number of anilines is 1. The molecule has 0 radical (unpaired) electrons. The van der Waals surface area contributed by atoms with Crippen molar-refractivity contribution in [3.63, 3.8) is 0 Å². The number of primary amides is 1. The summed E-state index contributed by atoms with van der Waals surface area (Å²) in [6.45, 7) is 3.09. The van der Waals surface area contributed by atoms with E-state index < -0.39 is 16.7 Å². The van der Waals surface area contributed by atoms with Crippen LogP contribution in [-0.4, -0.2) is 41.3 Å². The van der Waals surface area contributed by atoms with E-state index in [0.29, 0.717) is 19.6 Å². The van der Waals surface area contributed by atoms with Gasteiger partial charge < -0.3 is 16.0 Å². The van der Waals surface area contributed by atoms with Gasteiger partial charge in [-0.2, -0.15) is 0 Å². The lowest BCUT2D eigenvalue weighted by Gasteiger charge is -2.17. The summed E-state index contributed by atoms with van der Waals surface area (Å²) in [6.07, 6.45) is 0.173. The van der Waals surface area contributed by atoms with Gasteiger partial charge in [0.2, 0.25) is 11.8 Å². The van der Waals surface area contributed by atoms with E-state index in [1.165, 1.54) is 12.1 Å². The molecule has 1 aliphatic rings. The Hall–Kier alpha value is -2.64. The predicted octanol–water partition coefficient (Wildman–Crippen LogP) is 0.649. The van der Waals surface area contributed by atoms with Crippen molar-refractivity contribution in [1.82, 2.24) is 4.90 Å². The van der Waals surface area contributed by atoms with E-state index in [-0.39, 0.29) is 18.0 Å². The number of nitrogens with two attached hydrogens (primary N) is 1. The van der Waals surface area contributed by atoms with Gasteiger partial charge in [0.25, 0.3) is 5.69 Å². The summed E-state index contributed by atoms with van der Waals surface area (Å²) in [7, 11) is 0. The molecule has 22 heavy (non-hydrogen) atoms. The van der Waals surface area contributed by atoms with Crippen molar-refractivity contribution >= 4 is 23.2 Å². The Kier molecular flexibility index (Phi) is 4.59. The Morgan fingerprint density at radius 3 is 2.82 bits per heavy atom. The van der Waals surface area contributed by atoms with Crippen molar-refractivity contribution in [3.05, 3.63) is 33.9 Å². The smallest absolute Gasteiger partial charge is 0.269 e. The molecule has 1 heterocycles. The molecule has 0 aliphatic carbocycles. The van der Waals surface area contributed by atoms with Crippen molar-refractivity contribution in [3.8, 4) is 0 Å². The third kappa shape index (κ3) is 3.51. The molecule has 0 saturated carbocycles. The zero-order valence-electron chi connectivity index (χ0n) is 12.2. The summed E-state index contributed by atoms with van der Waals surface area (Å²) >= 11 is 0. The maximum Gasteiger partial charge on any atom is 0.269 e. The molecule has 0 spiro atoms. The Morgan fingerprint density at radius 2 is 2.27 bits per heavy atom. The average Bonchev–Trinajstić information content (AvgIpc) is 2.82. The van der Waals surface area contributed by atoms with Gasteiger partial charge in [0.05, 0.1) is 10.8 Å². The predicted molar refractivity (Wildman–Crippen MR) is 80.2 cm³/mol. The number of carbonyl (C=O) groups excluding carboxylic acids is 2. The normalized spacial score (nSPS) is 17.6. The van der Waals surface area contributed by atoms with Crippen molar-refractivity contribution in [1.29, 1.82) is 0 Å². The molecule has 8 heteroatoms. The van der Waals surface area contributed by atoms with Crippen molar-refractivity contribution < 1.29 is 14.5 Å². The fourth-order valence-corrected chi connectivity index (χ4v) is 2.46. The number of aryl methyl sites for hydroxylation is 1. The van der Waals surface area contributed by atoms with Crippen molar-refractivity contribution in [2.24, 2.45) is 11.7 Å². The standard InChI is InChI=1S/C14H18N4O4/c1-9-6-11(18(21)22)2-3-12(9)16-4-5-17-8-10(14(15)20)7-13(17)19/h2-3,6,10,16H,4-5,7-8H2,1H3,(H2,15,20)/t10-/m1/s1. The Morgan fingerprint density at radius 1 is 1.55 bits per heavy atom. The number of benzene rings is 1. The van der Waals surface area contributed by atoms with Gasteiger partial charge >= 0.3 is 0 Å². The second-order valence-corrected chi connectivity index (χ2v) is 5.33. The highest BCUT2D eigenvalue weighted by molar-refractivity contribution is 5.88. The third-order valence-electron chi connectivity index (χ3n) is 3.73. The zero-order chi connectivity index (χ0) is 16.3. The van der Waals surface area contributed by atoms with Gasteiger partial charge in [-0.05, 0) is 18.6 Å². The fourth-order valence-electron chi connectivity index (χ4n) is 2.46. The molecule has 0 bridgehead atoms. The number of hydrogen-bond donors (Lipinski definition) is 2. The lowest BCUT2D eigenvalue weighted by Crippen LogP contribution is -2.32. The van der Waals surface area contributed by atoms with Crippen LogP contribution in [0.3, 0.4) is 0 Å². The highest BCUT2D eigenvalue weighted by Gasteiger charge is 2.32. The van der Waals surface area contributed by atoms with E-state index in [9.17, 15) is 19.7 Å². The maximum absolute atomic E-state index is 11.7. The number of nitrogens with one attached hydrogen (secondary N) is 1. The van der Waals surface area contributed by atoms with E-state index in [1.807, 2.05) is 0 Å². The van der Waals surface area contributed by atoms with E-state index in [0.717, 1.165) is 11.3 Å². The highest BCUT2D eigenvalue weighted by Crippen LogP contribution is 2.21. The van der Waals surface area contributed by atoms with Crippen LogP contribution in [0, 0.1) is 23.0 Å². The number of likely N-dealkylation sites (tertiary alicyclic amines) is 1.